The van der Waals surface area contributed by atoms with Crippen molar-refractivity contribution >= 4 is 22.4 Å². The fourth-order valence-electron chi connectivity index (χ4n) is 4.25. The Hall–Kier alpha value is -3.42. The molecule has 0 saturated carbocycles. The first-order valence-corrected chi connectivity index (χ1v) is 11.3. The summed E-state index contributed by atoms with van der Waals surface area (Å²) in [6, 6.07) is 4.50. The summed E-state index contributed by atoms with van der Waals surface area (Å²) in [6.07, 6.45) is -0.686. The van der Waals surface area contributed by atoms with E-state index in [0.29, 0.717) is 60.8 Å². The number of piperidine rings is 1. The zero-order valence-electron chi connectivity index (χ0n) is 17.7. The van der Waals surface area contributed by atoms with Gasteiger partial charge in [0.1, 0.15) is 17.1 Å². The molecule has 0 radical (unpaired) electrons. The van der Waals surface area contributed by atoms with Crippen molar-refractivity contribution < 1.29 is 32.5 Å². The second-order valence-electron chi connectivity index (χ2n) is 8.10. The monoisotopic (exact) mass is 496 g/mol. The third-order valence-corrected chi connectivity index (χ3v) is 6.92. The van der Waals surface area contributed by atoms with Crippen molar-refractivity contribution in [1.29, 1.82) is 0 Å². The smallest absolute Gasteiger partial charge is 0.487 e. The van der Waals surface area contributed by atoms with Crippen molar-refractivity contribution in [2.24, 2.45) is 0 Å². The number of benzene rings is 1. The Morgan fingerprint density at radius 3 is 2.79 bits per heavy atom. The average Bonchev–Trinajstić information content (AvgIpc) is 3.43. The highest BCUT2D eigenvalue weighted by molar-refractivity contribution is 7.18. The number of aromatic nitrogens is 5. The summed E-state index contributed by atoms with van der Waals surface area (Å²) >= 11 is 1.38. The van der Waals surface area contributed by atoms with E-state index in [-0.39, 0.29) is 12.3 Å². The van der Waals surface area contributed by atoms with Crippen molar-refractivity contribution in [3.8, 4) is 22.2 Å². The van der Waals surface area contributed by atoms with Gasteiger partial charge in [-0.15, -0.1) is 23.4 Å². The van der Waals surface area contributed by atoms with E-state index >= 15 is 0 Å². The highest BCUT2D eigenvalue weighted by Gasteiger charge is 2.42. The van der Waals surface area contributed by atoms with Gasteiger partial charge in [0.05, 0.1) is 11.1 Å². The van der Waals surface area contributed by atoms with Crippen LogP contribution in [0.25, 0.3) is 10.7 Å². The second kappa shape index (κ2) is 8.42. The molecular weight excluding hydrogens is 477 g/mol. The molecule has 1 saturated heterocycles. The van der Waals surface area contributed by atoms with E-state index in [0.717, 1.165) is 9.93 Å². The van der Waals surface area contributed by atoms with E-state index in [2.05, 4.69) is 30.0 Å². The number of hydrogen-bond acceptors (Lipinski definition) is 9. The Labute approximate surface area is 194 Å². The lowest BCUT2D eigenvalue weighted by atomic mass is 9.83. The molecule has 3 aromatic rings. The van der Waals surface area contributed by atoms with E-state index in [4.69, 9.17) is 9.84 Å². The quantitative estimate of drug-likeness (QED) is 0.569. The third-order valence-electron chi connectivity index (χ3n) is 5.86. The molecule has 4 heterocycles. The van der Waals surface area contributed by atoms with Gasteiger partial charge < -0.3 is 19.5 Å². The number of carbonyl (C=O) groups is 1. The number of aliphatic carboxylic acids is 1. The number of ether oxygens (including phenoxy) is 2. The van der Waals surface area contributed by atoms with Gasteiger partial charge in [0, 0.05) is 31.5 Å². The summed E-state index contributed by atoms with van der Waals surface area (Å²) < 4.78 is 48.6. The molecule has 1 spiro atoms. The summed E-state index contributed by atoms with van der Waals surface area (Å²) in [5.74, 6) is -0.523. The topological polar surface area (TPSA) is 115 Å². The Morgan fingerprint density at radius 1 is 1.26 bits per heavy atom. The van der Waals surface area contributed by atoms with Gasteiger partial charge in [-0.25, -0.2) is 4.98 Å². The minimum Gasteiger partial charge on any atom is -0.487 e. The van der Waals surface area contributed by atoms with Gasteiger partial charge in [0.25, 0.3) is 0 Å². The number of tetrazole rings is 1. The predicted octanol–water partition coefficient (Wildman–Crippen LogP) is 3.14. The van der Waals surface area contributed by atoms with Crippen molar-refractivity contribution in [3.05, 3.63) is 30.0 Å². The fraction of sp³-hybridized carbons (Fsp3) is 0.450. The van der Waals surface area contributed by atoms with Gasteiger partial charge in [-0.3, -0.25) is 4.79 Å². The van der Waals surface area contributed by atoms with Crippen LogP contribution in [0.3, 0.4) is 0 Å². The molecule has 5 rings (SSSR count). The third kappa shape index (κ3) is 4.62. The van der Waals surface area contributed by atoms with Crippen LogP contribution in [0.2, 0.25) is 0 Å². The molecule has 180 valence electrons. The van der Waals surface area contributed by atoms with Gasteiger partial charge in [0.2, 0.25) is 5.82 Å². The van der Waals surface area contributed by atoms with Gasteiger partial charge in [-0.05, 0) is 30.2 Å². The molecule has 0 bridgehead atoms. The SMILES string of the molecule is O=C(O)Cn1nnc(-c2cnc(N3CCC4(CCc5c(OC(F)(F)F)cccc5O4)CC3)s2)n1. The van der Waals surface area contributed by atoms with Crippen LogP contribution in [-0.2, 0) is 17.8 Å². The number of anilines is 1. The number of hydrogen-bond donors (Lipinski definition) is 1. The molecule has 34 heavy (non-hydrogen) atoms. The van der Waals surface area contributed by atoms with E-state index in [1.165, 1.54) is 23.5 Å². The van der Waals surface area contributed by atoms with Crippen LogP contribution >= 0.6 is 11.3 Å². The van der Waals surface area contributed by atoms with Gasteiger partial charge in [-0.1, -0.05) is 17.4 Å². The fourth-order valence-corrected chi connectivity index (χ4v) is 5.14. The first-order chi connectivity index (χ1) is 16.2. The Balaban J connectivity index is 1.24. The van der Waals surface area contributed by atoms with E-state index in [9.17, 15) is 18.0 Å². The van der Waals surface area contributed by atoms with Crippen LogP contribution in [0.5, 0.6) is 11.5 Å². The number of nitrogens with zero attached hydrogens (tertiary/aromatic N) is 6. The molecular formula is C20H19F3N6O4S. The highest BCUT2D eigenvalue weighted by atomic mass is 32.1. The zero-order chi connectivity index (χ0) is 23.9. The highest BCUT2D eigenvalue weighted by Crippen LogP contribution is 2.44. The molecule has 1 aromatic carbocycles. The maximum absolute atomic E-state index is 12.7. The largest absolute Gasteiger partial charge is 0.573 e. The van der Waals surface area contributed by atoms with Crippen molar-refractivity contribution in [2.45, 2.75) is 44.2 Å². The molecule has 1 N–H and O–H groups in total. The first-order valence-electron chi connectivity index (χ1n) is 10.5. The lowest BCUT2D eigenvalue weighted by molar-refractivity contribution is -0.275. The first kappa shape index (κ1) is 22.4. The van der Waals surface area contributed by atoms with Crippen LogP contribution in [0.15, 0.2) is 24.4 Å². The zero-order valence-corrected chi connectivity index (χ0v) is 18.5. The molecule has 2 aliphatic heterocycles. The summed E-state index contributed by atoms with van der Waals surface area (Å²) in [5, 5.41) is 21.3. The number of halogens is 3. The molecule has 0 unspecified atom stereocenters. The van der Waals surface area contributed by atoms with Crippen LogP contribution in [0.4, 0.5) is 18.3 Å². The van der Waals surface area contributed by atoms with Crippen LogP contribution < -0.4 is 14.4 Å². The van der Waals surface area contributed by atoms with Gasteiger partial charge in [-0.2, -0.15) is 4.80 Å². The number of carboxylic acids is 1. The molecule has 14 heteroatoms. The molecule has 1 fully saturated rings. The van der Waals surface area contributed by atoms with Crippen molar-refractivity contribution in [2.75, 3.05) is 18.0 Å². The standard InChI is InChI=1S/C20H19F3N6O4S/c21-20(22,23)33-14-3-1-2-13-12(14)4-5-19(32-13)6-8-28(9-7-19)18-24-10-15(34-18)17-25-27-29(26-17)11-16(30)31/h1-3,10H,4-9,11H2,(H,30,31). The Bertz CT molecular complexity index is 1210. The molecule has 0 aliphatic carbocycles. The molecule has 2 aromatic heterocycles. The number of thiazole rings is 1. The molecule has 0 atom stereocenters. The van der Waals surface area contributed by atoms with E-state index in [1.54, 1.807) is 12.3 Å². The second-order valence-corrected chi connectivity index (χ2v) is 9.11. The Kier molecular flexibility index (Phi) is 5.54. The number of carboxylic acid groups (broad SMARTS) is 1. The molecule has 10 nitrogen and oxygen atoms in total. The summed E-state index contributed by atoms with van der Waals surface area (Å²) in [6.45, 7) is 0.958. The predicted molar refractivity (Wildman–Crippen MR) is 113 cm³/mol. The normalized spacial score (nSPS) is 17.3. The number of fused-ring (bicyclic) bond motifs is 1. The summed E-state index contributed by atoms with van der Waals surface area (Å²) in [5.41, 5.74) is 0.00234. The average molecular weight is 496 g/mol. The van der Waals surface area contributed by atoms with Gasteiger partial charge in [0.15, 0.2) is 11.7 Å². The van der Waals surface area contributed by atoms with E-state index in [1.807, 2.05) is 0 Å². The van der Waals surface area contributed by atoms with Crippen LogP contribution in [0, 0.1) is 0 Å². The molecule has 2 aliphatic rings. The van der Waals surface area contributed by atoms with Crippen molar-refractivity contribution in [3.63, 3.8) is 0 Å². The lowest BCUT2D eigenvalue weighted by Gasteiger charge is -2.44. The summed E-state index contributed by atoms with van der Waals surface area (Å²) in [7, 11) is 0. The maximum atomic E-state index is 12.7. The minimum absolute atomic E-state index is 0.207. The van der Waals surface area contributed by atoms with Crippen LogP contribution in [0.1, 0.15) is 24.8 Å². The van der Waals surface area contributed by atoms with Crippen molar-refractivity contribution in [1.82, 2.24) is 25.2 Å². The van der Waals surface area contributed by atoms with Crippen LogP contribution in [-0.4, -0.2) is 61.3 Å². The van der Waals surface area contributed by atoms with E-state index < -0.39 is 17.9 Å². The molecule has 0 amide bonds. The number of alkyl halides is 3. The minimum atomic E-state index is -4.75. The van der Waals surface area contributed by atoms with Gasteiger partial charge >= 0.3 is 12.3 Å². The summed E-state index contributed by atoms with van der Waals surface area (Å²) in [4.78, 5) is 19.0. The maximum Gasteiger partial charge on any atom is 0.573 e. The lowest BCUT2D eigenvalue weighted by Crippen LogP contribution is -2.49. The number of rotatable bonds is 5. The Morgan fingerprint density at radius 2 is 2.06 bits per heavy atom.